The number of hydrogen-bond acceptors (Lipinski definition) is 3. The maximum atomic E-state index is 5.84. The molecule has 1 aromatic carbocycles. The van der Waals surface area contributed by atoms with Gasteiger partial charge in [0.1, 0.15) is 5.75 Å². The number of nitrogens with two attached hydrogens (primary N) is 1. The molecule has 1 fully saturated rings. The lowest BCUT2D eigenvalue weighted by Crippen LogP contribution is -2.31. The third-order valence-electron chi connectivity index (χ3n) is 3.78. The van der Waals surface area contributed by atoms with Gasteiger partial charge in [-0.3, -0.25) is 4.90 Å². The first kappa shape index (κ1) is 13.8. The molecule has 0 aliphatic carbocycles. The monoisotopic (exact) mass is 312 g/mol. The van der Waals surface area contributed by atoms with Crippen LogP contribution < -0.4 is 10.5 Å². The Hall–Kier alpha value is -0.580. The normalized spacial score (nSPS) is 24.4. The van der Waals surface area contributed by atoms with Gasteiger partial charge >= 0.3 is 0 Å². The summed E-state index contributed by atoms with van der Waals surface area (Å²) >= 11 is 3.61. The van der Waals surface area contributed by atoms with Crippen LogP contribution in [0.1, 0.15) is 18.9 Å². The molecular formula is C14H21BrN2O. The standard InChI is InChI=1S/C14H21BrN2O/c1-14(9-16)5-6-17(10-14)8-11-7-12(18-2)3-4-13(11)15/h3-4,7H,5-6,8-10,16H2,1-2H3. The highest BCUT2D eigenvalue weighted by Crippen LogP contribution is 2.31. The lowest BCUT2D eigenvalue weighted by Gasteiger charge is -2.23. The van der Waals surface area contributed by atoms with Gasteiger partial charge < -0.3 is 10.5 Å². The fourth-order valence-electron chi connectivity index (χ4n) is 2.47. The van der Waals surface area contributed by atoms with E-state index in [4.69, 9.17) is 10.5 Å². The molecule has 0 radical (unpaired) electrons. The van der Waals surface area contributed by atoms with Gasteiger partial charge in [0, 0.05) is 17.6 Å². The summed E-state index contributed by atoms with van der Waals surface area (Å²) in [6.45, 7) is 6.19. The van der Waals surface area contributed by atoms with E-state index in [1.807, 2.05) is 12.1 Å². The predicted molar refractivity (Wildman–Crippen MR) is 77.7 cm³/mol. The summed E-state index contributed by atoms with van der Waals surface area (Å²) in [5, 5.41) is 0. The topological polar surface area (TPSA) is 38.5 Å². The van der Waals surface area contributed by atoms with Crippen LogP contribution in [0, 0.1) is 5.41 Å². The molecule has 0 aromatic heterocycles. The molecule has 0 saturated carbocycles. The van der Waals surface area contributed by atoms with Gasteiger partial charge in [0.25, 0.3) is 0 Å². The van der Waals surface area contributed by atoms with Crippen molar-refractivity contribution in [3.05, 3.63) is 28.2 Å². The fourth-order valence-corrected chi connectivity index (χ4v) is 2.84. The first-order valence-electron chi connectivity index (χ1n) is 6.31. The lowest BCUT2D eigenvalue weighted by molar-refractivity contribution is 0.274. The van der Waals surface area contributed by atoms with Crippen LogP contribution >= 0.6 is 15.9 Å². The molecule has 2 N–H and O–H groups in total. The van der Waals surface area contributed by atoms with Crippen molar-refractivity contribution in [2.75, 3.05) is 26.7 Å². The van der Waals surface area contributed by atoms with Crippen LogP contribution in [-0.2, 0) is 6.54 Å². The lowest BCUT2D eigenvalue weighted by atomic mass is 9.90. The van der Waals surface area contributed by atoms with Crippen LogP contribution in [0.5, 0.6) is 5.75 Å². The van der Waals surface area contributed by atoms with Gasteiger partial charge in [-0.15, -0.1) is 0 Å². The average Bonchev–Trinajstić information content (AvgIpc) is 2.75. The molecule has 3 nitrogen and oxygen atoms in total. The third kappa shape index (κ3) is 3.05. The van der Waals surface area contributed by atoms with Gasteiger partial charge in [0.05, 0.1) is 7.11 Å². The van der Waals surface area contributed by atoms with Gasteiger partial charge in [0.2, 0.25) is 0 Å². The van der Waals surface area contributed by atoms with E-state index in [-0.39, 0.29) is 5.41 Å². The Morgan fingerprint density at radius 2 is 2.28 bits per heavy atom. The first-order valence-corrected chi connectivity index (χ1v) is 7.10. The summed E-state index contributed by atoms with van der Waals surface area (Å²) in [7, 11) is 1.70. The van der Waals surface area contributed by atoms with Crippen LogP contribution in [0.25, 0.3) is 0 Å². The second-order valence-corrected chi connectivity index (χ2v) is 6.29. The highest BCUT2D eigenvalue weighted by molar-refractivity contribution is 9.10. The van der Waals surface area contributed by atoms with Crippen LogP contribution in [0.15, 0.2) is 22.7 Å². The number of benzene rings is 1. The van der Waals surface area contributed by atoms with Crippen molar-refractivity contribution in [1.82, 2.24) is 4.90 Å². The summed E-state index contributed by atoms with van der Waals surface area (Å²) < 4.78 is 6.42. The molecule has 1 saturated heterocycles. The molecule has 1 heterocycles. The summed E-state index contributed by atoms with van der Waals surface area (Å²) in [5.74, 6) is 0.911. The Kier molecular flexibility index (Phi) is 4.30. The van der Waals surface area contributed by atoms with E-state index < -0.39 is 0 Å². The molecule has 1 aromatic rings. The van der Waals surface area contributed by atoms with Crippen LogP contribution in [0.3, 0.4) is 0 Å². The Morgan fingerprint density at radius 3 is 2.89 bits per heavy atom. The number of rotatable bonds is 4. The molecule has 0 spiro atoms. The molecule has 0 amide bonds. The highest BCUT2D eigenvalue weighted by atomic mass is 79.9. The second kappa shape index (κ2) is 5.59. The molecule has 1 aliphatic heterocycles. The van der Waals surface area contributed by atoms with Crippen molar-refractivity contribution in [1.29, 1.82) is 0 Å². The van der Waals surface area contributed by atoms with E-state index in [1.54, 1.807) is 7.11 Å². The van der Waals surface area contributed by atoms with Crippen molar-refractivity contribution >= 4 is 15.9 Å². The van der Waals surface area contributed by atoms with Crippen LogP contribution in [0.4, 0.5) is 0 Å². The number of halogens is 1. The minimum atomic E-state index is 0.283. The molecular weight excluding hydrogens is 292 g/mol. The number of nitrogens with zero attached hydrogens (tertiary/aromatic N) is 1. The van der Waals surface area contributed by atoms with Crippen LogP contribution in [-0.4, -0.2) is 31.6 Å². The Bertz CT molecular complexity index is 424. The second-order valence-electron chi connectivity index (χ2n) is 5.43. The highest BCUT2D eigenvalue weighted by Gasteiger charge is 2.32. The Balaban J connectivity index is 2.06. The van der Waals surface area contributed by atoms with Gasteiger partial charge in [-0.25, -0.2) is 0 Å². The zero-order chi connectivity index (χ0) is 13.2. The predicted octanol–water partition coefficient (Wildman–Crippen LogP) is 2.63. The number of methoxy groups -OCH3 is 1. The maximum absolute atomic E-state index is 5.84. The zero-order valence-electron chi connectivity index (χ0n) is 11.1. The fraction of sp³-hybridized carbons (Fsp3) is 0.571. The van der Waals surface area contributed by atoms with E-state index >= 15 is 0 Å². The van der Waals surface area contributed by atoms with Crippen molar-refractivity contribution in [3.8, 4) is 5.75 Å². The van der Waals surface area contributed by atoms with E-state index in [0.29, 0.717) is 0 Å². The van der Waals surface area contributed by atoms with Gasteiger partial charge in [-0.2, -0.15) is 0 Å². The summed E-state index contributed by atoms with van der Waals surface area (Å²) in [6.07, 6.45) is 1.19. The Labute approximate surface area is 117 Å². The van der Waals surface area contributed by atoms with Gasteiger partial charge in [0.15, 0.2) is 0 Å². The van der Waals surface area contributed by atoms with Crippen molar-refractivity contribution < 1.29 is 4.74 Å². The molecule has 4 heteroatoms. The van der Waals surface area contributed by atoms with E-state index in [2.05, 4.69) is 33.8 Å². The smallest absolute Gasteiger partial charge is 0.119 e. The summed E-state index contributed by atoms with van der Waals surface area (Å²) in [6, 6.07) is 6.12. The SMILES string of the molecule is COc1ccc(Br)c(CN2CCC(C)(CN)C2)c1. The number of hydrogen-bond donors (Lipinski definition) is 1. The van der Waals surface area contributed by atoms with Gasteiger partial charge in [-0.1, -0.05) is 22.9 Å². The molecule has 2 rings (SSSR count). The molecule has 1 atom stereocenters. The Morgan fingerprint density at radius 1 is 1.50 bits per heavy atom. The van der Waals surface area contributed by atoms with Crippen molar-refractivity contribution in [3.63, 3.8) is 0 Å². The summed E-state index contributed by atoms with van der Waals surface area (Å²) in [5.41, 5.74) is 7.40. The van der Waals surface area contributed by atoms with Crippen molar-refractivity contribution in [2.45, 2.75) is 19.9 Å². The molecule has 1 aliphatic rings. The molecule has 100 valence electrons. The van der Waals surface area contributed by atoms with E-state index in [9.17, 15) is 0 Å². The van der Waals surface area contributed by atoms with E-state index in [0.717, 1.165) is 36.4 Å². The molecule has 18 heavy (non-hydrogen) atoms. The van der Waals surface area contributed by atoms with Crippen molar-refractivity contribution in [2.24, 2.45) is 11.1 Å². The quantitative estimate of drug-likeness (QED) is 0.929. The molecule has 1 unspecified atom stereocenters. The number of likely N-dealkylation sites (tertiary alicyclic amines) is 1. The van der Waals surface area contributed by atoms with Crippen LogP contribution in [0.2, 0.25) is 0 Å². The van der Waals surface area contributed by atoms with Gasteiger partial charge in [-0.05, 0) is 48.7 Å². The minimum Gasteiger partial charge on any atom is -0.497 e. The first-order chi connectivity index (χ1) is 8.56. The van der Waals surface area contributed by atoms with E-state index in [1.165, 1.54) is 12.0 Å². The number of ether oxygens (including phenoxy) is 1. The maximum Gasteiger partial charge on any atom is 0.119 e. The zero-order valence-corrected chi connectivity index (χ0v) is 12.7. The third-order valence-corrected chi connectivity index (χ3v) is 4.55. The average molecular weight is 313 g/mol. The minimum absolute atomic E-state index is 0.283. The largest absolute Gasteiger partial charge is 0.497 e. The molecule has 0 bridgehead atoms. The summed E-state index contributed by atoms with van der Waals surface area (Å²) in [4.78, 5) is 2.46.